The molecule has 0 amide bonds. The van der Waals surface area contributed by atoms with Crippen LogP contribution in [0.3, 0.4) is 0 Å². The Kier molecular flexibility index (Phi) is 4.86. The van der Waals surface area contributed by atoms with Gasteiger partial charge in [-0.3, -0.25) is 4.79 Å². The van der Waals surface area contributed by atoms with Crippen LogP contribution in [-0.2, 0) is 9.53 Å². The van der Waals surface area contributed by atoms with Gasteiger partial charge in [0.25, 0.3) is 0 Å². The summed E-state index contributed by atoms with van der Waals surface area (Å²) < 4.78 is 4.57. The van der Waals surface area contributed by atoms with Crippen molar-refractivity contribution in [3.8, 4) is 0 Å². The molecular formula is C13H18N2O4. The van der Waals surface area contributed by atoms with Crippen LogP contribution in [-0.4, -0.2) is 35.7 Å². The summed E-state index contributed by atoms with van der Waals surface area (Å²) >= 11 is 0. The van der Waals surface area contributed by atoms with Crippen molar-refractivity contribution in [1.29, 1.82) is 0 Å². The van der Waals surface area contributed by atoms with E-state index in [9.17, 15) is 9.59 Å². The summed E-state index contributed by atoms with van der Waals surface area (Å²) in [5.74, 6) is -1.38. The highest BCUT2D eigenvalue weighted by atomic mass is 16.5. The van der Waals surface area contributed by atoms with E-state index in [-0.39, 0.29) is 12.2 Å². The van der Waals surface area contributed by atoms with Gasteiger partial charge in [-0.1, -0.05) is 6.92 Å². The topological polar surface area (TPSA) is 88.5 Å². The second kappa shape index (κ2) is 6.17. The third kappa shape index (κ3) is 3.67. The lowest BCUT2D eigenvalue weighted by Crippen LogP contribution is -2.34. The van der Waals surface area contributed by atoms with Gasteiger partial charge in [-0.15, -0.1) is 0 Å². The first-order valence-electron chi connectivity index (χ1n) is 5.94. The molecule has 0 spiro atoms. The maximum atomic E-state index is 11.3. The lowest BCUT2D eigenvalue weighted by atomic mass is 9.87. The number of hydrogen-bond acceptors (Lipinski definition) is 5. The number of hydrogen-bond donors (Lipinski definition) is 2. The van der Waals surface area contributed by atoms with Crippen LogP contribution in [0.2, 0.25) is 0 Å². The van der Waals surface area contributed by atoms with Gasteiger partial charge in [-0.25, -0.2) is 9.78 Å². The molecule has 19 heavy (non-hydrogen) atoms. The zero-order valence-electron chi connectivity index (χ0n) is 11.3. The molecule has 2 N–H and O–H groups in total. The van der Waals surface area contributed by atoms with E-state index in [1.165, 1.54) is 19.4 Å². The number of aromatic nitrogens is 1. The van der Waals surface area contributed by atoms with E-state index in [4.69, 9.17) is 5.11 Å². The minimum atomic E-state index is -0.857. The van der Waals surface area contributed by atoms with Crippen molar-refractivity contribution in [3.63, 3.8) is 0 Å². The van der Waals surface area contributed by atoms with Gasteiger partial charge in [0.15, 0.2) is 0 Å². The number of nitrogens with one attached hydrogen (secondary N) is 1. The van der Waals surface area contributed by atoms with Crippen LogP contribution >= 0.6 is 0 Å². The van der Waals surface area contributed by atoms with Gasteiger partial charge in [-0.05, 0) is 25.5 Å². The van der Waals surface area contributed by atoms with Gasteiger partial charge in [0.2, 0.25) is 0 Å². The van der Waals surface area contributed by atoms with Crippen LogP contribution in [0.15, 0.2) is 18.3 Å². The number of nitrogens with zero attached hydrogens (tertiary/aromatic N) is 1. The number of pyridine rings is 1. The zero-order valence-corrected chi connectivity index (χ0v) is 11.3. The molecular weight excluding hydrogens is 248 g/mol. The fourth-order valence-electron chi connectivity index (χ4n) is 1.41. The second-order valence-corrected chi connectivity index (χ2v) is 4.49. The van der Waals surface area contributed by atoms with Crippen molar-refractivity contribution < 1.29 is 19.4 Å². The highest BCUT2D eigenvalue weighted by Crippen LogP contribution is 2.22. The first-order valence-corrected chi connectivity index (χ1v) is 5.94. The van der Waals surface area contributed by atoms with Gasteiger partial charge >= 0.3 is 11.9 Å². The number of carboxylic acid groups (broad SMARTS) is 1. The van der Waals surface area contributed by atoms with E-state index < -0.39 is 17.4 Å². The largest absolute Gasteiger partial charge is 0.481 e. The minimum Gasteiger partial charge on any atom is -0.481 e. The average molecular weight is 266 g/mol. The molecule has 1 atom stereocenters. The maximum Gasteiger partial charge on any atom is 0.356 e. The summed E-state index contributed by atoms with van der Waals surface area (Å²) in [6, 6.07) is 3.20. The molecule has 1 heterocycles. The van der Waals surface area contributed by atoms with E-state index in [1.807, 2.05) is 6.92 Å². The smallest absolute Gasteiger partial charge is 0.356 e. The second-order valence-electron chi connectivity index (χ2n) is 4.49. The molecule has 0 aliphatic carbocycles. The molecule has 0 aliphatic rings. The number of carbonyl (C=O) groups excluding carboxylic acids is 1. The quantitative estimate of drug-likeness (QED) is 0.763. The lowest BCUT2D eigenvalue weighted by Gasteiger charge is -2.23. The third-order valence-electron chi connectivity index (χ3n) is 3.13. The SMILES string of the molecule is CCC(C)(CNc1ccnc(C(=O)OC)c1)C(=O)O. The zero-order chi connectivity index (χ0) is 14.5. The highest BCUT2D eigenvalue weighted by molar-refractivity contribution is 5.88. The van der Waals surface area contributed by atoms with Crippen molar-refractivity contribution in [2.24, 2.45) is 5.41 Å². The molecule has 0 saturated carbocycles. The highest BCUT2D eigenvalue weighted by Gasteiger charge is 2.30. The van der Waals surface area contributed by atoms with Crippen LogP contribution in [0, 0.1) is 5.41 Å². The van der Waals surface area contributed by atoms with Crippen LogP contribution in [0.4, 0.5) is 5.69 Å². The first kappa shape index (κ1) is 14.9. The summed E-state index contributed by atoms with van der Waals surface area (Å²) in [7, 11) is 1.28. The molecule has 0 radical (unpaired) electrons. The predicted octanol–water partition coefficient (Wildman–Crippen LogP) is 1.78. The lowest BCUT2D eigenvalue weighted by molar-refractivity contribution is -0.147. The fraction of sp³-hybridized carbons (Fsp3) is 0.462. The Bertz CT molecular complexity index is 475. The van der Waals surface area contributed by atoms with Gasteiger partial charge in [0, 0.05) is 18.4 Å². The molecule has 0 aromatic carbocycles. The summed E-state index contributed by atoms with van der Waals surface area (Å²) in [5.41, 5.74) is -0.0355. The molecule has 6 heteroatoms. The number of esters is 1. The Morgan fingerprint density at radius 2 is 2.21 bits per heavy atom. The Labute approximate surface area is 111 Å². The average Bonchev–Trinajstić information content (AvgIpc) is 2.43. The van der Waals surface area contributed by atoms with Crippen LogP contribution in [0.5, 0.6) is 0 Å². The molecule has 0 bridgehead atoms. The molecule has 0 aliphatic heterocycles. The van der Waals surface area contributed by atoms with E-state index in [2.05, 4.69) is 15.0 Å². The number of rotatable bonds is 6. The fourth-order valence-corrected chi connectivity index (χ4v) is 1.41. The molecule has 6 nitrogen and oxygen atoms in total. The number of ether oxygens (including phenoxy) is 1. The van der Waals surface area contributed by atoms with E-state index in [0.717, 1.165) is 0 Å². The minimum absolute atomic E-state index is 0.182. The van der Waals surface area contributed by atoms with Crippen molar-refractivity contribution in [1.82, 2.24) is 4.98 Å². The standard InChI is InChI=1S/C13H18N2O4/c1-4-13(2,12(17)18)8-15-9-5-6-14-10(7-9)11(16)19-3/h5-7H,4,8H2,1-3H3,(H,14,15)(H,17,18). The monoisotopic (exact) mass is 266 g/mol. The summed E-state index contributed by atoms with van der Waals surface area (Å²) in [5, 5.41) is 12.2. The maximum absolute atomic E-state index is 11.3. The number of methoxy groups -OCH3 is 1. The third-order valence-corrected chi connectivity index (χ3v) is 3.13. The van der Waals surface area contributed by atoms with E-state index >= 15 is 0 Å². The molecule has 1 rings (SSSR count). The van der Waals surface area contributed by atoms with E-state index in [1.54, 1.807) is 13.0 Å². The Hall–Kier alpha value is -2.11. The van der Waals surface area contributed by atoms with Gasteiger partial charge in [-0.2, -0.15) is 0 Å². The molecule has 104 valence electrons. The van der Waals surface area contributed by atoms with Gasteiger partial charge in [0.1, 0.15) is 5.69 Å². The predicted molar refractivity (Wildman–Crippen MR) is 70.1 cm³/mol. The Balaban J connectivity index is 2.78. The Morgan fingerprint density at radius 3 is 2.74 bits per heavy atom. The molecule has 0 fully saturated rings. The Morgan fingerprint density at radius 1 is 1.53 bits per heavy atom. The van der Waals surface area contributed by atoms with Gasteiger partial charge < -0.3 is 15.2 Å². The summed E-state index contributed by atoms with van der Waals surface area (Å²) in [4.78, 5) is 26.4. The van der Waals surface area contributed by atoms with Crippen molar-refractivity contribution in [3.05, 3.63) is 24.0 Å². The summed E-state index contributed by atoms with van der Waals surface area (Å²) in [6.45, 7) is 3.76. The molecule has 1 aromatic rings. The van der Waals surface area contributed by atoms with Crippen LogP contribution < -0.4 is 5.32 Å². The number of anilines is 1. The molecule has 1 aromatic heterocycles. The number of carbonyl (C=O) groups is 2. The normalized spacial score (nSPS) is 13.4. The summed E-state index contributed by atoms with van der Waals surface area (Å²) in [6.07, 6.45) is 1.98. The molecule has 0 saturated heterocycles. The van der Waals surface area contributed by atoms with Crippen molar-refractivity contribution in [2.75, 3.05) is 19.0 Å². The number of carboxylic acids is 1. The van der Waals surface area contributed by atoms with Crippen LogP contribution in [0.25, 0.3) is 0 Å². The molecule has 1 unspecified atom stereocenters. The van der Waals surface area contributed by atoms with Crippen molar-refractivity contribution >= 4 is 17.6 Å². The van der Waals surface area contributed by atoms with E-state index in [0.29, 0.717) is 12.1 Å². The van der Waals surface area contributed by atoms with Gasteiger partial charge in [0.05, 0.1) is 12.5 Å². The van der Waals surface area contributed by atoms with Crippen LogP contribution in [0.1, 0.15) is 30.8 Å². The first-order chi connectivity index (χ1) is 8.92. The number of aliphatic carboxylic acids is 1. The van der Waals surface area contributed by atoms with Crippen molar-refractivity contribution in [2.45, 2.75) is 20.3 Å².